The van der Waals surface area contributed by atoms with E-state index in [0.717, 1.165) is 11.1 Å². The molecule has 7 nitrogen and oxygen atoms in total. The summed E-state index contributed by atoms with van der Waals surface area (Å²) < 4.78 is 6.44. The van der Waals surface area contributed by atoms with Gasteiger partial charge in [-0.2, -0.15) is 5.10 Å². The molecule has 1 aromatic carbocycles. The first-order chi connectivity index (χ1) is 11.9. The third kappa shape index (κ3) is 4.24. The Morgan fingerprint density at radius 1 is 1.20 bits per heavy atom. The van der Waals surface area contributed by atoms with Crippen LogP contribution in [-0.4, -0.2) is 28.3 Å². The van der Waals surface area contributed by atoms with Gasteiger partial charge in [-0.05, 0) is 44.0 Å². The predicted molar refractivity (Wildman–Crippen MR) is 96.8 cm³/mol. The molecule has 0 fully saturated rings. The number of nitrogens with two attached hydrogens (primary N) is 2. The van der Waals surface area contributed by atoms with E-state index < -0.39 is 11.9 Å². The molecule has 0 spiro atoms. The number of aryl methyl sites for hydroxylation is 2. The van der Waals surface area contributed by atoms with Crippen molar-refractivity contribution in [1.82, 2.24) is 9.78 Å². The predicted octanol–water partition coefficient (Wildman–Crippen LogP) is 2.25. The molecule has 0 atom stereocenters. The Morgan fingerprint density at radius 2 is 1.84 bits per heavy atom. The summed E-state index contributed by atoms with van der Waals surface area (Å²) in [4.78, 5) is 23.9. The number of hydrogen-bond donors (Lipinski definition) is 2. The summed E-state index contributed by atoms with van der Waals surface area (Å²) in [7, 11) is 0. The van der Waals surface area contributed by atoms with Crippen LogP contribution in [0.15, 0.2) is 18.2 Å². The molecule has 25 heavy (non-hydrogen) atoms. The Hall–Kier alpha value is -2.67. The van der Waals surface area contributed by atoms with Crippen molar-refractivity contribution in [1.29, 1.82) is 0 Å². The van der Waals surface area contributed by atoms with E-state index in [9.17, 15) is 9.59 Å². The van der Waals surface area contributed by atoms with Crippen LogP contribution in [0.5, 0.6) is 0 Å². The van der Waals surface area contributed by atoms with Gasteiger partial charge in [0.25, 0.3) is 5.91 Å². The molecule has 0 radical (unpaired) electrons. The van der Waals surface area contributed by atoms with E-state index in [-0.39, 0.29) is 30.1 Å². The minimum absolute atomic E-state index is 0.0196. The Balaban J connectivity index is 0.00000151. The summed E-state index contributed by atoms with van der Waals surface area (Å²) in [5.74, 6) is -1.33. The van der Waals surface area contributed by atoms with Gasteiger partial charge in [0.2, 0.25) is 0 Å². The van der Waals surface area contributed by atoms with Gasteiger partial charge in [0.15, 0.2) is 11.4 Å². The number of carbonyl (C=O) groups is 2. The molecule has 2 aromatic rings. The zero-order valence-corrected chi connectivity index (χ0v) is 15.4. The standard InChI is InChI=1S/C16H20N4O3.C2H6/c1-4-23-16(22)14-12(8-17)13(15(18)21)19-20(14)11-6-5-9(2)10(3)7-11;1-2/h5-7H,4,8,17H2,1-3H3,(H2,18,21);1-2H3. The van der Waals surface area contributed by atoms with Gasteiger partial charge in [-0.15, -0.1) is 0 Å². The number of benzene rings is 1. The maximum absolute atomic E-state index is 12.3. The number of primary amides is 1. The lowest BCUT2D eigenvalue weighted by atomic mass is 10.1. The smallest absolute Gasteiger partial charge is 0.357 e. The molecule has 0 saturated carbocycles. The number of carbonyl (C=O) groups excluding carboxylic acids is 2. The molecule has 2 rings (SSSR count). The molecule has 0 aliphatic rings. The molecule has 1 aromatic heterocycles. The minimum atomic E-state index is -0.737. The van der Waals surface area contributed by atoms with E-state index in [1.54, 1.807) is 6.92 Å². The molecule has 7 heteroatoms. The number of amides is 1. The van der Waals surface area contributed by atoms with Crippen LogP contribution in [-0.2, 0) is 11.3 Å². The lowest BCUT2D eigenvalue weighted by Gasteiger charge is -2.10. The van der Waals surface area contributed by atoms with Gasteiger partial charge in [-0.25, -0.2) is 9.48 Å². The lowest BCUT2D eigenvalue weighted by molar-refractivity contribution is 0.0514. The molecule has 0 aliphatic heterocycles. The summed E-state index contributed by atoms with van der Waals surface area (Å²) in [5.41, 5.74) is 14.2. The van der Waals surface area contributed by atoms with Gasteiger partial charge in [-0.3, -0.25) is 4.79 Å². The van der Waals surface area contributed by atoms with Gasteiger partial charge in [-0.1, -0.05) is 19.9 Å². The van der Waals surface area contributed by atoms with E-state index in [1.165, 1.54) is 4.68 Å². The maximum Gasteiger partial charge on any atom is 0.357 e. The van der Waals surface area contributed by atoms with E-state index in [0.29, 0.717) is 5.69 Å². The van der Waals surface area contributed by atoms with Crippen molar-refractivity contribution in [2.24, 2.45) is 11.5 Å². The summed E-state index contributed by atoms with van der Waals surface area (Å²) >= 11 is 0. The number of hydrogen-bond acceptors (Lipinski definition) is 5. The van der Waals surface area contributed by atoms with Gasteiger partial charge in [0.1, 0.15) is 0 Å². The highest BCUT2D eigenvalue weighted by molar-refractivity contribution is 5.98. The van der Waals surface area contributed by atoms with Crippen LogP contribution in [0.3, 0.4) is 0 Å². The monoisotopic (exact) mass is 346 g/mol. The van der Waals surface area contributed by atoms with Crippen LogP contribution >= 0.6 is 0 Å². The Bertz CT molecular complexity index is 766. The van der Waals surface area contributed by atoms with Crippen LogP contribution in [0.4, 0.5) is 0 Å². The second-order valence-electron chi connectivity index (χ2n) is 5.14. The second-order valence-corrected chi connectivity index (χ2v) is 5.14. The Kier molecular flexibility index (Phi) is 7.32. The number of aromatic nitrogens is 2. The number of ether oxygens (including phenoxy) is 1. The van der Waals surface area contributed by atoms with Gasteiger partial charge in [0.05, 0.1) is 12.3 Å². The summed E-state index contributed by atoms with van der Waals surface area (Å²) in [5, 5.41) is 4.19. The highest BCUT2D eigenvalue weighted by Gasteiger charge is 2.27. The summed E-state index contributed by atoms with van der Waals surface area (Å²) in [6.07, 6.45) is 0. The van der Waals surface area contributed by atoms with Crippen LogP contribution in [0.25, 0.3) is 5.69 Å². The van der Waals surface area contributed by atoms with E-state index in [4.69, 9.17) is 16.2 Å². The van der Waals surface area contributed by atoms with Crippen molar-refractivity contribution in [2.75, 3.05) is 6.61 Å². The number of rotatable bonds is 5. The molecular formula is C18H26N4O3. The average Bonchev–Trinajstić information content (AvgIpc) is 2.99. The molecule has 0 aliphatic carbocycles. The fraction of sp³-hybridized carbons (Fsp3) is 0.389. The Labute approximate surface area is 148 Å². The van der Waals surface area contributed by atoms with E-state index >= 15 is 0 Å². The second kappa shape index (κ2) is 8.98. The van der Waals surface area contributed by atoms with E-state index in [1.807, 2.05) is 45.9 Å². The minimum Gasteiger partial charge on any atom is -0.461 e. The van der Waals surface area contributed by atoms with Gasteiger partial charge < -0.3 is 16.2 Å². The first-order valence-corrected chi connectivity index (χ1v) is 8.27. The third-order valence-electron chi connectivity index (χ3n) is 3.62. The van der Waals surface area contributed by atoms with Crippen LogP contribution < -0.4 is 11.5 Å². The number of nitrogens with zero attached hydrogens (tertiary/aromatic N) is 2. The van der Waals surface area contributed by atoms with Crippen LogP contribution in [0, 0.1) is 13.8 Å². The normalized spacial score (nSPS) is 10.0. The highest BCUT2D eigenvalue weighted by atomic mass is 16.5. The van der Waals surface area contributed by atoms with Crippen molar-refractivity contribution >= 4 is 11.9 Å². The molecule has 1 heterocycles. The fourth-order valence-corrected chi connectivity index (χ4v) is 2.29. The van der Waals surface area contributed by atoms with Crippen molar-refractivity contribution in [3.8, 4) is 5.69 Å². The zero-order chi connectivity index (χ0) is 19.1. The zero-order valence-electron chi connectivity index (χ0n) is 15.4. The molecule has 0 bridgehead atoms. The topological polar surface area (TPSA) is 113 Å². The lowest BCUT2D eigenvalue weighted by Crippen LogP contribution is -2.17. The largest absolute Gasteiger partial charge is 0.461 e. The van der Waals surface area contributed by atoms with Crippen LogP contribution in [0.1, 0.15) is 58.4 Å². The molecule has 136 valence electrons. The van der Waals surface area contributed by atoms with Crippen molar-refractivity contribution < 1.29 is 14.3 Å². The first kappa shape index (κ1) is 20.4. The molecule has 0 unspecified atom stereocenters. The van der Waals surface area contributed by atoms with Gasteiger partial charge in [0, 0.05) is 12.1 Å². The number of esters is 1. The van der Waals surface area contributed by atoms with Crippen molar-refractivity contribution in [3.63, 3.8) is 0 Å². The van der Waals surface area contributed by atoms with E-state index in [2.05, 4.69) is 5.10 Å². The quantitative estimate of drug-likeness (QED) is 0.806. The molecule has 1 amide bonds. The average molecular weight is 346 g/mol. The van der Waals surface area contributed by atoms with Crippen molar-refractivity contribution in [2.45, 2.75) is 41.2 Å². The fourth-order valence-electron chi connectivity index (χ4n) is 2.29. The van der Waals surface area contributed by atoms with Crippen molar-refractivity contribution in [3.05, 3.63) is 46.3 Å². The molecule has 4 N–H and O–H groups in total. The third-order valence-corrected chi connectivity index (χ3v) is 3.62. The van der Waals surface area contributed by atoms with Crippen LogP contribution in [0.2, 0.25) is 0 Å². The molecular weight excluding hydrogens is 320 g/mol. The SMILES string of the molecule is CC.CCOC(=O)c1c(CN)c(C(N)=O)nn1-c1ccc(C)c(C)c1. The maximum atomic E-state index is 12.3. The highest BCUT2D eigenvalue weighted by Crippen LogP contribution is 2.21. The summed E-state index contributed by atoms with van der Waals surface area (Å²) in [6.45, 7) is 9.79. The Morgan fingerprint density at radius 3 is 2.32 bits per heavy atom. The molecule has 0 saturated heterocycles. The van der Waals surface area contributed by atoms with Gasteiger partial charge >= 0.3 is 5.97 Å². The first-order valence-electron chi connectivity index (χ1n) is 8.27. The summed E-state index contributed by atoms with van der Waals surface area (Å²) in [6, 6.07) is 5.59.